The second kappa shape index (κ2) is 6.17. The third-order valence-corrected chi connectivity index (χ3v) is 1.47. The SMILES string of the molecule is CC(C)=CCNCCOC(C)(C)C. The zero-order valence-electron chi connectivity index (χ0n) is 9.61. The van der Waals surface area contributed by atoms with E-state index in [1.54, 1.807) is 0 Å². The van der Waals surface area contributed by atoms with Crippen LogP contribution in [0.2, 0.25) is 0 Å². The van der Waals surface area contributed by atoms with Crippen molar-refractivity contribution in [1.29, 1.82) is 0 Å². The van der Waals surface area contributed by atoms with Crippen LogP contribution in [0, 0.1) is 0 Å². The van der Waals surface area contributed by atoms with Crippen molar-refractivity contribution in [1.82, 2.24) is 5.32 Å². The lowest BCUT2D eigenvalue weighted by atomic mass is 10.2. The van der Waals surface area contributed by atoms with Crippen molar-refractivity contribution in [2.45, 2.75) is 40.2 Å². The first-order valence-electron chi connectivity index (χ1n) is 4.90. The molecule has 0 rings (SSSR count). The number of hydrogen-bond acceptors (Lipinski definition) is 2. The van der Waals surface area contributed by atoms with Crippen LogP contribution in [0.25, 0.3) is 0 Å². The molecule has 0 amide bonds. The standard InChI is InChI=1S/C11H23NO/c1-10(2)6-7-12-8-9-13-11(3,4)5/h6,12H,7-9H2,1-5H3. The van der Waals surface area contributed by atoms with Gasteiger partial charge < -0.3 is 10.1 Å². The van der Waals surface area contributed by atoms with Gasteiger partial charge in [0.2, 0.25) is 0 Å². The van der Waals surface area contributed by atoms with E-state index < -0.39 is 0 Å². The summed E-state index contributed by atoms with van der Waals surface area (Å²) in [5, 5.41) is 3.29. The number of allylic oxidation sites excluding steroid dienone is 1. The van der Waals surface area contributed by atoms with E-state index in [1.807, 2.05) is 0 Å². The van der Waals surface area contributed by atoms with E-state index in [2.05, 4.69) is 46.0 Å². The van der Waals surface area contributed by atoms with E-state index in [9.17, 15) is 0 Å². The highest BCUT2D eigenvalue weighted by Crippen LogP contribution is 2.04. The Morgan fingerprint density at radius 2 is 1.92 bits per heavy atom. The van der Waals surface area contributed by atoms with Gasteiger partial charge in [-0.1, -0.05) is 11.6 Å². The minimum Gasteiger partial charge on any atom is -0.375 e. The molecular weight excluding hydrogens is 162 g/mol. The molecule has 78 valence electrons. The van der Waals surface area contributed by atoms with Gasteiger partial charge in [-0.15, -0.1) is 0 Å². The highest BCUT2D eigenvalue weighted by atomic mass is 16.5. The molecule has 0 spiro atoms. The minimum atomic E-state index is -0.0157. The van der Waals surface area contributed by atoms with Crippen molar-refractivity contribution in [3.63, 3.8) is 0 Å². The summed E-state index contributed by atoms with van der Waals surface area (Å²) in [5.74, 6) is 0. The van der Waals surface area contributed by atoms with Gasteiger partial charge in [-0.3, -0.25) is 0 Å². The van der Waals surface area contributed by atoms with Crippen molar-refractivity contribution in [3.8, 4) is 0 Å². The first kappa shape index (κ1) is 12.7. The van der Waals surface area contributed by atoms with Gasteiger partial charge in [0.25, 0.3) is 0 Å². The predicted octanol–water partition coefficient (Wildman–Crippen LogP) is 2.36. The summed E-state index contributed by atoms with van der Waals surface area (Å²) in [6.45, 7) is 13.1. The molecule has 1 N–H and O–H groups in total. The summed E-state index contributed by atoms with van der Waals surface area (Å²) in [6, 6.07) is 0. The van der Waals surface area contributed by atoms with Crippen LogP contribution in [0.5, 0.6) is 0 Å². The van der Waals surface area contributed by atoms with Crippen LogP contribution in [0.3, 0.4) is 0 Å². The van der Waals surface area contributed by atoms with Crippen LogP contribution in [0.1, 0.15) is 34.6 Å². The Kier molecular flexibility index (Phi) is 6.00. The fourth-order valence-electron chi connectivity index (χ4n) is 0.808. The normalized spacial score (nSPS) is 11.5. The summed E-state index contributed by atoms with van der Waals surface area (Å²) in [5.41, 5.74) is 1.34. The molecule has 0 fully saturated rings. The zero-order valence-corrected chi connectivity index (χ0v) is 9.61. The molecule has 0 bridgehead atoms. The summed E-state index contributed by atoms with van der Waals surface area (Å²) in [7, 11) is 0. The van der Waals surface area contributed by atoms with E-state index in [0.717, 1.165) is 19.7 Å². The Hall–Kier alpha value is -0.340. The van der Waals surface area contributed by atoms with Crippen LogP contribution in [0.4, 0.5) is 0 Å². The Balaban J connectivity index is 3.23. The van der Waals surface area contributed by atoms with Crippen molar-refractivity contribution < 1.29 is 4.74 Å². The third-order valence-electron chi connectivity index (χ3n) is 1.47. The molecule has 0 heterocycles. The van der Waals surface area contributed by atoms with Gasteiger partial charge in [0.15, 0.2) is 0 Å². The summed E-state index contributed by atoms with van der Waals surface area (Å²) in [4.78, 5) is 0. The van der Waals surface area contributed by atoms with Crippen LogP contribution < -0.4 is 5.32 Å². The second-order valence-corrected chi connectivity index (χ2v) is 4.45. The minimum absolute atomic E-state index is 0.0157. The fraction of sp³-hybridized carbons (Fsp3) is 0.818. The molecule has 0 aliphatic heterocycles. The second-order valence-electron chi connectivity index (χ2n) is 4.45. The molecule has 0 aliphatic carbocycles. The molecule has 0 atom stereocenters. The Morgan fingerprint density at radius 1 is 1.31 bits per heavy atom. The highest BCUT2D eigenvalue weighted by molar-refractivity contribution is 4.94. The van der Waals surface area contributed by atoms with Gasteiger partial charge in [-0.25, -0.2) is 0 Å². The third kappa shape index (κ3) is 11.7. The maximum absolute atomic E-state index is 5.55. The Bertz CT molecular complexity index is 152. The van der Waals surface area contributed by atoms with E-state index in [4.69, 9.17) is 4.74 Å². The smallest absolute Gasteiger partial charge is 0.0599 e. The maximum atomic E-state index is 5.55. The number of ether oxygens (including phenoxy) is 1. The van der Waals surface area contributed by atoms with E-state index in [0.29, 0.717) is 0 Å². The van der Waals surface area contributed by atoms with Crippen molar-refractivity contribution in [2.24, 2.45) is 0 Å². The predicted molar refractivity (Wildman–Crippen MR) is 58.0 cm³/mol. The van der Waals surface area contributed by atoms with Gasteiger partial charge in [-0.2, -0.15) is 0 Å². The van der Waals surface area contributed by atoms with E-state index in [1.165, 1.54) is 5.57 Å². The van der Waals surface area contributed by atoms with Crippen LogP contribution in [-0.4, -0.2) is 25.3 Å². The topological polar surface area (TPSA) is 21.3 Å². The summed E-state index contributed by atoms with van der Waals surface area (Å²) in [6.07, 6.45) is 2.18. The van der Waals surface area contributed by atoms with Gasteiger partial charge in [0, 0.05) is 13.1 Å². The van der Waals surface area contributed by atoms with Crippen molar-refractivity contribution >= 4 is 0 Å². The maximum Gasteiger partial charge on any atom is 0.0599 e. The van der Waals surface area contributed by atoms with E-state index >= 15 is 0 Å². The van der Waals surface area contributed by atoms with Gasteiger partial charge in [-0.05, 0) is 34.6 Å². The van der Waals surface area contributed by atoms with Crippen molar-refractivity contribution in [3.05, 3.63) is 11.6 Å². The molecule has 0 aromatic rings. The van der Waals surface area contributed by atoms with Gasteiger partial charge >= 0.3 is 0 Å². The molecule has 0 saturated heterocycles. The van der Waals surface area contributed by atoms with Crippen LogP contribution >= 0.6 is 0 Å². The quantitative estimate of drug-likeness (QED) is 0.524. The van der Waals surface area contributed by atoms with Crippen molar-refractivity contribution in [2.75, 3.05) is 19.7 Å². The lowest BCUT2D eigenvalue weighted by molar-refractivity contribution is -0.000509. The number of nitrogens with one attached hydrogen (secondary N) is 1. The average molecular weight is 185 g/mol. The summed E-state index contributed by atoms with van der Waals surface area (Å²) < 4.78 is 5.55. The highest BCUT2D eigenvalue weighted by Gasteiger charge is 2.08. The molecule has 2 nitrogen and oxygen atoms in total. The monoisotopic (exact) mass is 185 g/mol. The molecule has 0 saturated carbocycles. The number of rotatable bonds is 5. The molecule has 0 aromatic heterocycles. The number of hydrogen-bond donors (Lipinski definition) is 1. The largest absolute Gasteiger partial charge is 0.375 e. The summed E-state index contributed by atoms with van der Waals surface area (Å²) >= 11 is 0. The lowest BCUT2D eigenvalue weighted by Crippen LogP contribution is -2.26. The molecule has 0 unspecified atom stereocenters. The van der Waals surface area contributed by atoms with Gasteiger partial charge in [0.1, 0.15) is 0 Å². The molecule has 0 aromatic carbocycles. The zero-order chi connectivity index (χ0) is 10.3. The first-order valence-corrected chi connectivity index (χ1v) is 4.90. The van der Waals surface area contributed by atoms with Gasteiger partial charge in [0.05, 0.1) is 12.2 Å². The Labute approximate surface area is 82.4 Å². The van der Waals surface area contributed by atoms with E-state index in [-0.39, 0.29) is 5.60 Å². The molecule has 0 aliphatic rings. The molecule has 2 heteroatoms. The Morgan fingerprint density at radius 3 is 2.38 bits per heavy atom. The first-order chi connectivity index (χ1) is 5.92. The lowest BCUT2D eigenvalue weighted by Gasteiger charge is -2.19. The molecular formula is C11H23NO. The molecule has 13 heavy (non-hydrogen) atoms. The average Bonchev–Trinajstić information content (AvgIpc) is 1.93. The fourth-order valence-corrected chi connectivity index (χ4v) is 0.808. The molecule has 0 radical (unpaired) electrons. The van der Waals surface area contributed by atoms with Crippen LogP contribution in [-0.2, 0) is 4.74 Å². The van der Waals surface area contributed by atoms with Crippen LogP contribution in [0.15, 0.2) is 11.6 Å².